The molecular weight excluding hydrogens is 404 g/mol. The lowest BCUT2D eigenvalue weighted by Crippen LogP contribution is -2.60. The molecule has 1 aliphatic rings. The summed E-state index contributed by atoms with van der Waals surface area (Å²) in [5.41, 5.74) is 1.89. The van der Waals surface area contributed by atoms with Gasteiger partial charge in [-0.3, -0.25) is 0 Å². The summed E-state index contributed by atoms with van der Waals surface area (Å²) in [6.45, 7) is -0.564. The number of hydrogen-bond donors (Lipinski definition) is 4. The Morgan fingerprint density at radius 3 is 2.31 bits per heavy atom. The Morgan fingerprint density at radius 2 is 1.69 bits per heavy atom. The zero-order valence-electron chi connectivity index (χ0n) is 15.4. The average molecular weight is 425 g/mol. The third-order valence-electron chi connectivity index (χ3n) is 4.66. The van der Waals surface area contributed by atoms with E-state index in [1.165, 1.54) is 7.11 Å². The van der Waals surface area contributed by atoms with Crippen molar-refractivity contribution in [3.63, 3.8) is 0 Å². The number of esters is 1. The van der Waals surface area contributed by atoms with Crippen LogP contribution >= 0.6 is 11.6 Å². The summed E-state index contributed by atoms with van der Waals surface area (Å²) in [7, 11) is 1.30. The number of rotatable bonds is 5. The van der Waals surface area contributed by atoms with Gasteiger partial charge in [0.25, 0.3) is 0 Å². The molecule has 156 valence electrons. The Kier molecular flexibility index (Phi) is 6.74. The van der Waals surface area contributed by atoms with Crippen molar-refractivity contribution in [3.8, 4) is 16.9 Å². The first-order chi connectivity index (χ1) is 13.8. The minimum Gasteiger partial charge on any atom is -0.465 e. The highest BCUT2D eigenvalue weighted by molar-refractivity contribution is 6.32. The van der Waals surface area contributed by atoms with E-state index in [0.29, 0.717) is 11.1 Å². The maximum Gasteiger partial charge on any atom is 0.337 e. The van der Waals surface area contributed by atoms with E-state index >= 15 is 0 Å². The van der Waals surface area contributed by atoms with Crippen molar-refractivity contribution < 1.29 is 39.4 Å². The van der Waals surface area contributed by atoms with Crippen molar-refractivity contribution in [2.75, 3.05) is 13.7 Å². The van der Waals surface area contributed by atoms with E-state index in [0.717, 1.165) is 5.56 Å². The number of carbonyl (C=O) groups excluding carboxylic acids is 1. The van der Waals surface area contributed by atoms with Crippen molar-refractivity contribution in [3.05, 3.63) is 53.1 Å². The van der Waals surface area contributed by atoms with E-state index < -0.39 is 43.3 Å². The highest BCUT2D eigenvalue weighted by atomic mass is 35.5. The zero-order valence-corrected chi connectivity index (χ0v) is 16.2. The predicted molar refractivity (Wildman–Crippen MR) is 103 cm³/mol. The molecule has 8 nitrogen and oxygen atoms in total. The van der Waals surface area contributed by atoms with Gasteiger partial charge >= 0.3 is 5.97 Å². The van der Waals surface area contributed by atoms with E-state index in [1.807, 2.05) is 0 Å². The van der Waals surface area contributed by atoms with Crippen LogP contribution in [0.15, 0.2) is 42.5 Å². The number of carbonyl (C=O) groups is 1. The van der Waals surface area contributed by atoms with E-state index in [4.69, 9.17) is 21.1 Å². The van der Waals surface area contributed by atoms with Gasteiger partial charge in [-0.2, -0.15) is 0 Å². The molecule has 1 aliphatic heterocycles. The largest absolute Gasteiger partial charge is 0.465 e. The fourth-order valence-corrected chi connectivity index (χ4v) is 3.14. The van der Waals surface area contributed by atoms with Crippen LogP contribution in [0.2, 0.25) is 5.02 Å². The summed E-state index contributed by atoms with van der Waals surface area (Å²) >= 11 is 6.19. The second-order valence-electron chi connectivity index (χ2n) is 6.53. The molecule has 5 atom stereocenters. The van der Waals surface area contributed by atoms with Crippen LogP contribution in [-0.2, 0) is 9.47 Å². The van der Waals surface area contributed by atoms with Crippen LogP contribution in [0.4, 0.5) is 0 Å². The lowest BCUT2D eigenvalue weighted by molar-refractivity contribution is -0.277. The molecule has 4 N–H and O–H groups in total. The Hall–Kier alpha value is -2.20. The molecule has 0 aromatic heterocycles. The normalized spacial score (nSPS) is 26.8. The first kappa shape index (κ1) is 21.5. The number of hydrogen-bond acceptors (Lipinski definition) is 8. The summed E-state index contributed by atoms with van der Waals surface area (Å²) in [6.07, 6.45) is -7.03. The van der Waals surface area contributed by atoms with Crippen LogP contribution < -0.4 is 4.74 Å². The zero-order chi connectivity index (χ0) is 21.1. The van der Waals surface area contributed by atoms with Crippen LogP contribution in [-0.4, -0.2) is 70.8 Å². The SMILES string of the molecule is COC(=O)c1ccc(-c2ccc(Cl)c(O[C@H]3O[C@H](CO)[C@@H](O)[C@H](O)[C@@H]3O)c2)cc1. The molecule has 0 bridgehead atoms. The molecule has 0 aliphatic carbocycles. The molecule has 3 rings (SSSR count). The van der Waals surface area contributed by atoms with Gasteiger partial charge in [0.1, 0.15) is 30.2 Å². The van der Waals surface area contributed by atoms with Gasteiger partial charge in [0.05, 0.1) is 24.3 Å². The van der Waals surface area contributed by atoms with E-state index in [1.54, 1.807) is 42.5 Å². The fraction of sp³-hybridized carbons (Fsp3) is 0.350. The highest BCUT2D eigenvalue weighted by Gasteiger charge is 2.44. The molecule has 0 unspecified atom stereocenters. The lowest BCUT2D eigenvalue weighted by atomic mass is 9.99. The van der Waals surface area contributed by atoms with Gasteiger partial charge < -0.3 is 34.6 Å². The Bertz CT molecular complexity index is 854. The average Bonchev–Trinajstić information content (AvgIpc) is 2.75. The smallest absolute Gasteiger partial charge is 0.337 e. The number of aliphatic hydroxyl groups is 4. The second-order valence-corrected chi connectivity index (χ2v) is 6.94. The number of aliphatic hydroxyl groups excluding tert-OH is 4. The van der Waals surface area contributed by atoms with Crippen LogP contribution in [0.5, 0.6) is 5.75 Å². The fourth-order valence-electron chi connectivity index (χ4n) is 2.98. The van der Waals surface area contributed by atoms with Crippen molar-refractivity contribution >= 4 is 17.6 Å². The summed E-state index contributed by atoms with van der Waals surface area (Å²) in [5, 5.41) is 39.4. The van der Waals surface area contributed by atoms with Gasteiger partial charge in [-0.1, -0.05) is 29.8 Å². The lowest BCUT2D eigenvalue weighted by Gasteiger charge is -2.39. The minimum absolute atomic E-state index is 0.172. The van der Waals surface area contributed by atoms with E-state index in [2.05, 4.69) is 4.74 Å². The van der Waals surface area contributed by atoms with E-state index in [-0.39, 0.29) is 10.8 Å². The van der Waals surface area contributed by atoms with Gasteiger partial charge in [-0.05, 0) is 35.4 Å². The number of ether oxygens (including phenoxy) is 3. The van der Waals surface area contributed by atoms with Crippen LogP contribution in [0.3, 0.4) is 0 Å². The summed E-state index contributed by atoms with van der Waals surface area (Å²) < 4.78 is 15.7. The molecule has 0 radical (unpaired) electrons. The molecule has 2 aromatic carbocycles. The maximum atomic E-state index is 11.6. The monoisotopic (exact) mass is 424 g/mol. The summed E-state index contributed by atoms with van der Waals surface area (Å²) in [6, 6.07) is 11.6. The molecule has 9 heteroatoms. The van der Waals surface area contributed by atoms with Crippen molar-refractivity contribution in [1.82, 2.24) is 0 Å². The number of benzene rings is 2. The molecule has 2 aromatic rings. The molecule has 0 amide bonds. The highest BCUT2D eigenvalue weighted by Crippen LogP contribution is 2.33. The first-order valence-corrected chi connectivity index (χ1v) is 9.19. The Labute approximate surface area is 171 Å². The summed E-state index contributed by atoms with van der Waals surface area (Å²) in [4.78, 5) is 11.6. The van der Waals surface area contributed by atoms with Gasteiger partial charge in [0.15, 0.2) is 0 Å². The third kappa shape index (κ3) is 4.53. The Morgan fingerprint density at radius 1 is 1.03 bits per heavy atom. The van der Waals surface area contributed by atoms with Gasteiger partial charge in [0.2, 0.25) is 6.29 Å². The standard InChI is InChI=1S/C20H21ClO8/c1-27-19(26)11-4-2-10(3-5-11)12-6-7-13(21)14(8-12)28-20-18(25)17(24)16(23)15(9-22)29-20/h2-8,15-18,20,22-25H,9H2,1H3/t15-,16-,17+,18+,20+/m1/s1. The molecule has 29 heavy (non-hydrogen) atoms. The van der Waals surface area contributed by atoms with E-state index in [9.17, 15) is 25.2 Å². The van der Waals surface area contributed by atoms with Crippen molar-refractivity contribution in [2.45, 2.75) is 30.7 Å². The predicted octanol–water partition coefficient (Wildman–Crippen LogP) is 0.972. The quantitative estimate of drug-likeness (QED) is 0.523. The molecule has 0 spiro atoms. The van der Waals surface area contributed by atoms with Gasteiger partial charge in [-0.15, -0.1) is 0 Å². The molecular formula is C20H21ClO8. The first-order valence-electron chi connectivity index (χ1n) is 8.81. The minimum atomic E-state index is -1.56. The topological polar surface area (TPSA) is 126 Å². The van der Waals surface area contributed by atoms with Crippen molar-refractivity contribution in [1.29, 1.82) is 0 Å². The van der Waals surface area contributed by atoms with Crippen LogP contribution in [0, 0.1) is 0 Å². The number of halogens is 1. The molecule has 1 fully saturated rings. The van der Waals surface area contributed by atoms with Crippen LogP contribution in [0.25, 0.3) is 11.1 Å². The Balaban J connectivity index is 1.83. The molecule has 1 saturated heterocycles. The molecule has 0 saturated carbocycles. The van der Waals surface area contributed by atoms with Crippen molar-refractivity contribution in [2.24, 2.45) is 0 Å². The number of methoxy groups -OCH3 is 1. The van der Waals surface area contributed by atoms with Gasteiger partial charge in [0, 0.05) is 0 Å². The maximum absolute atomic E-state index is 11.6. The third-order valence-corrected chi connectivity index (χ3v) is 4.97. The molecule has 1 heterocycles. The second kappa shape index (κ2) is 9.08. The van der Waals surface area contributed by atoms with Crippen LogP contribution in [0.1, 0.15) is 10.4 Å². The summed E-state index contributed by atoms with van der Waals surface area (Å²) in [5.74, 6) is -0.273. The van der Waals surface area contributed by atoms with Gasteiger partial charge in [-0.25, -0.2) is 4.79 Å².